The molecule has 1 N–H and O–H groups in total. The molecule has 0 spiro atoms. The third kappa shape index (κ3) is 1.17. The molecule has 0 aromatic carbocycles. The number of rotatable bonds is 1. The van der Waals surface area contributed by atoms with Gasteiger partial charge in [0.15, 0.2) is 0 Å². The van der Waals surface area contributed by atoms with Crippen LogP contribution in [0.25, 0.3) is 0 Å². The van der Waals surface area contributed by atoms with Crippen molar-refractivity contribution < 1.29 is 4.39 Å². The van der Waals surface area contributed by atoms with E-state index < -0.39 is 6.17 Å². The van der Waals surface area contributed by atoms with Crippen LogP contribution in [0, 0.1) is 5.92 Å². The standard InChI is InChI=1S/C8H16FN/c1-4-7-5(2)8(9)6(3)10-7/h5-8,10H,4H2,1-3H3. The van der Waals surface area contributed by atoms with Crippen LogP contribution in [-0.4, -0.2) is 18.3 Å². The fraction of sp³-hybridized carbons (Fsp3) is 1.00. The summed E-state index contributed by atoms with van der Waals surface area (Å²) in [5.41, 5.74) is 0. The van der Waals surface area contributed by atoms with Gasteiger partial charge in [-0.1, -0.05) is 13.8 Å². The molecule has 0 bridgehead atoms. The van der Waals surface area contributed by atoms with E-state index in [9.17, 15) is 4.39 Å². The lowest BCUT2D eigenvalue weighted by Crippen LogP contribution is -2.29. The van der Waals surface area contributed by atoms with E-state index in [4.69, 9.17) is 0 Å². The molecule has 1 fully saturated rings. The van der Waals surface area contributed by atoms with E-state index in [2.05, 4.69) is 12.2 Å². The highest BCUT2D eigenvalue weighted by molar-refractivity contribution is 4.92. The summed E-state index contributed by atoms with van der Waals surface area (Å²) < 4.78 is 13.1. The zero-order valence-corrected chi connectivity index (χ0v) is 6.89. The van der Waals surface area contributed by atoms with Gasteiger partial charge in [0.2, 0.25) is 0 Å². The Labute approximate surface area is 62.0 Å². The molecule has 1 nitrogen and oxygen atoms in total. The lowest BCUT2D eigenvalue weighted by molar-refractivity contribution is 0.251. The number of alkyl halides is 1. The molecule has 0 radical (unpaired) electrons. The fourth-order valence-corrected chi connectivity index (χ4v) is 1.75. The Hall–Kier alpha value is -0.110. The predicted octanol–water partition coefficient (Wildman–Crippen LogP) is 1.73. The number of nitrogens with one attached hydrogen (secondary N) is 1. The molecular weight excluding hydrogens is 129 g/mol. The molecule has 1 rings (SSSR count). The zero-order valence-electron chi connectivity index (χ0n) is 6.89. The number of hydrogen-bond acceptors (Lipinski definition) is 1. The first kappa shape index (κ1) is 7.99. The average molecular weight is 145 g/mol. The molecule has 0 aromatic rings. The monoisotopic (exact) mass is 145 g/mol. The van der Waals surface area contributed by atoms with E-state index in [1.54, 1.807) is 0 Å². The third-order valence-electron chi connectivity index (χ3n) is 2.53. The van der Waals surface area contributed by atoms with Crippen molar-refractivity contribution in [2.24, 2.45) is 5.92 Å². The highest BCUT2D eigenvalue weighted by Crippen LogP contribution is 2.24. The number of hydrogen-bond donors (Lipinski definition) is 1. The summed E-state index contributed by atoms with van der Waals surface area (Å²) in [6, 6.07) is 0.449. The second kappa shape index (κ2) is 2.87. The summed E-state index contributed by atoms with van der Waals surface area (Å²) in [6.07, 6.45) is 0.385. The normalized spacial score (nSPS) is 48.0. The van der Waals surface area contributed by atoms with Crippen LogP contribution in [0.2, 0.25) is 0 Å². The van der Waals surface area contributed by atoms with Crippen LogP contribution in [0.3, 0.4) is 0 Å². The molecule has 60 valence electrons. The molecular formula is C8H16FN. The van der Waals surface area contributed by atoms with E-state index in [0.29, 0.717) is 6.04 Å². The minimum absolute atomic E-state index is 0.0555. The minimum Gasteiger partial charge on any atom is -0.308 e. The highest BCUT2D eigenvalue weighted by atomic mass is 19.1. The maximum absolute atomic E-state index is 13.1. The highest BCUT2D eigenvalue weighted by Gasteiger charge is 2.36. The fourth-order valence-electron chi connectivity index (χ4n) is 1.75. The van der Waals surface area contributed by atoms with Gasteiger partial charge in [-0.3, -0.25) is 0 Å². The molecule has 1 aliphatic rings. The van der Waals surface area contributed by atoms with Crippen molar-refractivity contribution in [2.45, 2.75) is 45.4 Å². The van der Waals surface area contributed by atoms with E-state index >= 15 is 0 Å². The van der Waals surface area contributed by atoms with Gasteiger partial charge in [-0.25, -0.2) is 4.39 Å². The maximum atomic E-state index is 13.1. The Balaban J connectivity index is 2.53. The van der Waals surface area contributed by atoms with Gasteiger partial charge in [0.05, 0.1) is 0 Å². The molecule has 4 unspecified atom stereocenters. The van der Waals surface area contributed by atoms with Gasteiger partial charge < -0.3 is 5.32 Å². The molecule has 0 saturated carbocycles. The van der Waals surface area contributed by atoms with Crippen LogP contribution in [0.15, 0.2) is 0 Å². The Morgan fingerprint density at radius 1 is 1.40 bits per heavy atom. The van der Waals surface area contributed by atoms with Gasteiger partial charge in [-0.05, 0) is 13.3 Å². The predicted molar refractivity (Wildman–Crippen MR) is 40.7 cm³/mol. The van der Waals surface area contributed by atoms with E-state index in [1.807, 2.05) is 13.8 Å². The van der Waals surface area contributed by atoms with Crippen LogP contribution < -0.4 is 5.32 Å². The first-order chi connectivity index (χ1) is 4.66. The summed E-state index contributed by atoms with van der Waals surface area (Å²) in [4.78, 5) is 0. The topological polar surface area (TPSA) is 12.0 Å². The Bertz CT molecular complexity index is 116. The Morgan fingerprint density at radius 2 is 2.00 bits per heavy atom. The smallest absolute Gasteiger partial charge is 0.119 e. The SMILES string of the molecule is CCC1NC(C)C(F)C1C. The molecule has 1 saturated heterocycles. The molecule has 1 aliphatic heterocycles. The summed E-state index contributed by atoms with van der Waals surface area (Å²) >= 11 is 0. The zero-order chi connectivity index (χ0) is 7.72. The summed E-state index contributed by atoms with van der Waals surface area (Å²) in [6.45, 7) is 5.99. The van der Waals surface area contributed by atoms with Crippen LogP contribution in [-0.2, 0) is 0 Å². The van der Waals surface area contributed by atoms with Crippen LogP contribution in [0.5, 0.6) is 0 Å². The summed E-state index contributed by atoms with van der Waals surface area (Å²) in [7, 11) is 0. The summed E-state index contributed by atoms with van der Waals surface area (Å²) in [5.74, 6) is 0.194. The van der Waals surface area contributed by atoms with E-state index in [1.165, 1.54) is 0 Å². The van der Waals surface area contributed by atoms with E-state index in [0.717, 1.165) is 6.42 Å². The molecule has 1 heterocycles. The third-order valence-corrected chi connectivity index (χ3v) is 2.53. The average Bonchev–Trinajstić information content (AvgIpc) is 2.17. The van der Waals surface area contributed by atoms with E-state index in [-0.39, 0.29) is 12.0 Å². The lowest BCUT2D eigenvalue weighted by atomic mass is 9.98. The molecule has 0 amide bonds. The van der Waals surface area contributed by atoms with Gasteiger partial charge in [0.25, 0.3) is 0 Å². The second-order valence-corrected chi connectivity index (χ2v) is 3.27. The van der Waals surface area contributed by atoms with Gasteiger partial charge in [0.1, 0.15) is 6.17 Å². The molecule has 0 aromatic heterocycles. The molecule has 0 aliphatic carbocycles. The van der Waals surface area contributed by atoms with Crippen molar-refractivity contribution in [3.8, 4) is 0 Å². The second-order valence-electron chi connectivity index (χ2n) is 3.27. The van der Waals surface area contributed by atoms with Crippen molar-refractivity contribution in [1.29, 1.82) is 0 Å². The first-order valence-electron chi connectivity index (χ1n) is 4.07. The quantitative estimate of drug-likeness (QED) is 0.592. The number of halogens is 1. The molecule has 2 heteroatoms. The van der Waals surface area contributed by atoms with Gasteiger partial charge >= 0.3 is 0 Å². The maximum Gasteiger partial charge on any atom is 0.119 e. The van der Waals surface area contributed by atoms with Gasteiger partial charge in [-0.2, -0.15) is 0 Å². The Kier molecular flexibility index (Phi) is 2.29. The molecule has 10 heavy (non-hydrogen) atoms. The van der Waals surface area contributed by atoms with Crippen molar-refractivity contribution in [3.63, 3.8) is 0 Å². The largest absolute Gasteiger partial charge is 0.308 e. The minimum atomic E-state index is -0.648. The van der Waals surface area contributed by atoms with Crippen molar-refractivity contribution >= 4 is 0 Å². The van der Waals surface area contributed by atoms with Crippen molar-refractivity contribution in [2.75, 3.05) is 0 Å². The lowest BCUT2D eigenvalue weighted by Gasteiger charge is -2.12. The van der Waals surface area contributed by atoms with Crippen LogP contribution in [0.1, 0.15) is 27.2 Å². The van der Waals surface area contributed by atoms with Crippen LogP contribution >= 0.6 is 0 Å². The Morgan fingerprint density at radius 3 is 2.20 bits per heavy atom. The summed E-state index contributed by atoms with van der Waals surface area (Å²) in [5, 5.41) is 3.23. The first-order valence-corrected chi connectivity index (χ1v) is 4.07. The van der Waals surface area contributed by atoms with Crippen molar-refractivity contribution in [3.05, 3.63) is 0 Å². The van der Waals surface area contributed by atoms with Gasteiger partial charge in [0, 0.05) is 18.0 Å². The van der Waals surface area contributed by atoms with Crippen molar-refractivity contribution in [1.82, 2.24) is 5.32 Å². The van der Waals surface area contributed by atoms with Gasteiger partial charge in [-0.15, -0.1) is 0 Å². The van der Waals surface area contributed by atoms with Crippen LogP contribution in [0.4, 0.5) is 4.39 Å². The molecule has 4 atom stereocenters.